The lowest BCUT2D eigenvalue weighted by molar-refractivity contribution is -0.384. The largest absolute Gasteiger partial charge is 0.455 e. The molecule has 0 aliphatic carbocycles. The average Bonchev–Trinajstić information content (AvgIpc) is 3.01. The summed E-state index contributed by atoms with van der Waals surface area (Å²) in [7, 11) is 0. The molecule has 0 atom stereocenters. The summed E-state index contributed by atoms with van der Waals surface area (Å²) in [6.45, 7) is 0. The van der Waals surface area contributed by atoms with Crippen molar-refractivity contribution in [2.45, 2.75) is 0 Å². The molecule has 116 valence electrons. The lowest BCUT2D eigenvalue weighted by Crippen LogP contribution is -1.87. The molecule has 0 aliphatic rings. The fourth-order valence-electron chi connectivity index (χ4n) is 2.88. The number of non-ortho nitro benzene ring substituents is 1. The van der Waals surface area contributed by atoms with E-state index in [1.807, 2.05) is 60.7 Å². The molecule has 0 spiro atoms. The van der Waals surface area contributed by atoms with Gasteiger partial charge in [0.2, 0.25) is 0 Å². The fraction of sp³-hybridized carbons (Fsp3) is 0. The molecule has 0 bridgehead atoms. The van der Waals surface area contributed by atoms with Gasteiger partial charge in [-0.25, -0.2) is 0 Å². The van der Waals surface area contributed by atoms with Crippen molar-refractivity contribution >= 4 is 16.7 Å². The van der Waals surface area contributed by atoms with Crippen molar-refractivity contribution in [2.75, 3.05) is 0 Å². The number of nitro benzene ring substituents is 1. The smallest absolute Gasteiger partial charge is 0.270 e. The van der Waals surface area contributed by atoms with Crippen molar-refractivity contribution in [1.82, 2.24) is 0 Å². The van der Waals surface area contributed by atoms with Crippen LogP contribution < -0.4 is 0 Å². The molecule has 4 aromatic rings. The number of rotatable bonds is 3. The minimum absolute atomic E-state index is 0.0556. The van der Waals surface area contributed by atoms with E-state index in [1.54, 1.807) is 12.1 Å². The third-order valence-corrected chi connectivity index (χ3v) is 3.98. The van der Waals surface area contributed by atoms with E-state index in [4.69, 9.17) is 4.42 Å². The molecule has 0 saturated carbocycles. The minimum atomic E-state index is -0.386. The molecule has 1 aromatic heterocycles. The van der Waals surface area contributed by atoms with E-state index in [1.165, 1.54) is 6.07 Å². The Morgan fingerprint density at radius 1 is 0.792 bits per heavy atom. The van der Waals surface area contributed by atoms with Gasteiger partial charge in [0.15, 0.2) is 0 Å². The van der Waals surface area contributed by atoms with Gasteiger partial charge in [0.05, 0.1) is 4.92 Å². The summed E-state index contributed by atoms with van der Waals surface area (Å²) in [6.07, 6.45) is 0. The highest BCUT2D eigenvalue weighted by molar-refractivity contribution is 6.02. The van der Waals surface area contributed by atoms with Crippen LogP contribution >= 0.6 is 0 Å². The molecule has 24 heavy (non-hydrogen) atoms. The first-order valence-corrected chi connectivity index (χ1v) is 7.56. The molecule has 4 rings (SSSR count). The number of nitro groups is 1. The van der Waals surface area contributed by atoms with Gasteiger partial charge in [0.1, 0.15) is 11.3 Å². The van der Waals surface area contributed by atoms with Crippen LogP contribution in [-0.2, 0) is 0 Å². The average molecular weight is 315 g/mol. The Labute approximate surface area is 138 Å². The third-order valence-electron chi connectivity index (χ3n) is 3.98. The Morgan fingerprint density at radius 2 is 1.42 bits per heavy atom. The van der Waals surface area contributed by atoms with Crippen LogP contribution in [0.2, 0.25) is 0 Å². The number of fused-ring (bicyclic) bond motifs is 1. The van der Waals surface area contributed by atoms with Crippen LogP contribution in [0.25, 0.3) is 33.4 Å². The minimum Gasteiger partial charge on any atom is -0.455 e. The van der Waals surface area contributed by atoms with Gasteiger partial charge >= 0.3 is 0 Å². The summed E-state index contributed by atoms with van der Waals surface area (Å²) in [4.78, 5) is 10.8. The van der Waals surface area contributed by atoms with Crippen molar-refractivity contribution in [1.29, 1.82) is 0 Å². The van der Waals surface area contributed by atoms with Gasteiger partial charge in [-0.2, -0.15) is 0 Å². The Bertz CT molecular complexity index is 1020. The predicted octanol–water partition coefficient (Wildman–Crippen LogP) is 5.68. The van der Waals surface area contributed by atoms with Crippen LogP contribution in [0.1, 0.15) is 0 Å². The van der Waals surface area contributed by atoms with E-state index in [0.29, 0.717) is 5.58 Å². The summed E-state index contributed by atoms with van der Waals surface area (Å²) in [5.41, 5.74) is 3.48. The summed E-state index contributed by atoms with van der Waals surface area (Å²) < 4.78 is 6.05. The molecule has 0 aliphatic heterocycles. The molecule has 0 fully saturated rings. The first kappa shape index (κ1) is 14.2. The Hall–Kier alpha value is -3.40. The molecule has 0 saturated heterocycles. The number of furan rings is 1. The lowest BCUT2D eigenvalue weighted by Gasteiger charge is -2.03. The Morgan fingerprint density at radius 3 is 2.04 bits per heavy atom. The molecule has 0 unspecified atom stereocenters. The predicted molar refractivity (Wildman–Crippen MR) is 93.7 cm³/mol. The molecule has 4 heteroatoms. The summed E-state index contributed by atoms with van der Waals surface area (Å²) >= 11 is 0. The molecular weight excluding hydrogens is 302 g/mol. The number of nitrogens with zero attached hydrogens (tertiary/aromatic N) is 1. The normalized spacial score (nSPS) is 10.8. The van der Waals surface area contributed by atoms with Crippen LogP contribution in [0.3, 0.4) is 0 Å². The quantitative estimate of drug-likeness (QED) is 0.361. The molecule has 0 amide bonds. The van der Waals surface area contributed by atoms with E-state index < -0.39 is 0 Å². The SMILES string of the molecule is O=[N+]([O-])c1ccc2oc(-c3ccccc3)c(-c3ccccc3)c2c1. The zero-order chi connectivity index (χ0) is 16.5. The van der Waals surface area contributed by atoms with Crippen LogP contribution in [0.4, 0.5) is 5.69 Å². The Balaban J connectivity index is 2.07. The zero-order valence-electron chi connectivity index (χ0n) is 12.7. The van der Waals surface area contributed by atoms with Crippen molar-refractivity contribution in [3.05, 3.63) is 89.0 Å². The first-order valence-electron chi connectivity index (χ1n) is 7.56. The highest BCUT2D eigenvalue weighted by Crippen LogP contribution is 2.41. The molecule has 0 N–H and O–H groups in total. The summed E-state index contributed by atoms with van der Waals surface area (Å²) in [5, 5.41) is 11.9. The van der Waals surface area contributed by atoms with E-state index in [9.17, 15) is 10.1 Å². The summed E-state index contributed by atoms with van der Waals surface area (Å²) in [6, 6.07) is 24.3. The summed E-state index contributed by atoms with van der Waals surface area (Å²) in [5.74, 6) is 0.720. The maximum Gasteiger partial charge on any atom is 0.270 e. The number of hydrogen-bond donors (Lipinski definition) is 0. The van der Waals surface area contributed by atoms with Gasteiger partial charge < -0.3 is 4.42 Å². The van der Waals surface area contributed by atoms with Crippen LogP contribution in [-0.4, -0.2) is 4.92 Å². The monoisotopic (exact) mass is 315 g/mol. The molecule has 4 nitrogen and oxygen atoms in total. The van der Waals surface area contributed by atoms with Crippen LogP contribution in [0.15, 0.2) is 83.3 Å². The van der Waals surface area contributed by atoms with Gasteiger partial charge in [-0.3, -0.25) is 10.1 Å². The van der Waals surface area contributed by atoms with Crippen molar-refractivity contribution in [2.24, 2.45) is 0 Å². The first-order chi connectivity index (χ1) is 11.7. The second-order valence-electron chi connectivity index (χ2n) is 5.48. The van der Waals surface area contributed by atoms with Gasteiger partial charge in [-0.1, -0.05) is 60.7 Å². The maximum absolute atomic E-state index is 11.1. The second-order valence-corrected chi connectivity index (χ2v) is 5.48. The van der Waals surface area contributed by atoms with Crippen molar-refractivity contribution in [3.8, 4) is 22.5 Å². The fourth-order valence-corrected chi connectivity index (χ4v) is 2.88. The van der Waals surface area contributed by atoms with Gasteiger partial charge in [0.25, 0.3) is 5.69 Å². The van der Waals surface area contributed by atoms with Gasteiger partial charge in [0, 0.05) is 28.6 Å². The highest BCUT2D eigenvalue weighted by Gasteiger charge is 2.19. The van der Waals surface area contributed by atoms with Crippen LogP contribution in [0.5, 0.6) is 0 Å². The zero-order valence-corrected chi connectivity index (χ0v) is 12.7. The third kappa shape index (κ3) is 2.34. The van der Waals surface area contributed by atoms with Gasteiger partial charge in [-0.15, -0.1) is 0 Å². The number of benzene rings is 3. The van der Waals surface area contributed by atoms with Crippen LogP contribution in [0, 0.1) is 10.1 Å². The molecule has 3 aromatic carbocycles. The van der Waals surface area contributed by atoms with E-state index in [2.05, 4.69) is 0 Å². The standard InChI is InChI=1S/C20H13NO3/c22-21(23)16-11-12-18-17(13-16)19(14-7-3-1-4-8-14)20(24-18)15-9-5-2-6-10-15/h1-13H. The van der Waals surface area contributed by atoms with E-state index >= 15 is 0 Å². The topological polar surface area (TPSA) is 56.3 Å². The van der Waals surface area contributed by atoms with Gasteiger partial charge in [-0.05, 0) is 11.6 Å². The van der Waals surface area contributed by atoms with E-state index in [0.717, 1.165) is 27.8 Å². The molecule has 0 radical (unpaired) electrons. The number of hydrogen-bond acceptors (Lipinski definition) is 3. The maximum atomic E-state index is 11.1. The second kappa shape index (κ2) is 5.66. The van der Waals surface area contributed by atoms with Crippen molar-refractivity contribution < 1.29 is 9.34 Å². The lowest BCUT2D eigenvalue weighted by atomic mass is 9.98. The highest BCUT2D eigenvalue weighted by atomic mass is 16.6. The molecular formula is C20H13NO3. The molecule has 1 heterocycles. The van der Waals surface area contributed by atoms with Crippen molar-refractivity contribution in [3.63, 3.8) is 0 Å². The van der Waals surface area contributed by atoms with E-state index in [-0.39, 0.29) is 10.6 Å². The Kier molecular flexibility index (Phi) is 3.35.